The van der Waals surface area contributed by atoms with Gasteiger partial charge in [0.25, 0.3) is 0 Å². The Morgan fingerprint density at radius 2 is 2.10 bits per heavy atom. The molecule has 0 bridgehead atoms. The lowest BCUT2D eigenvalue weighted by Gasteiger charge is -2.12. The summed E-state index contributed by atoms with van der Waals surface area (Å²) >= 11 is 0. The van der Waals surface area contributed by atoms with Crippen LogP contribution in [0.25, 0.3) is 11.5 Å². The van der Waals surface area contributed by atoms with Gasteiger partial charge in [-0.15, -0.1) is 0 Å². The van der Waals surface area contributed by atoms with Crippen LogP contribution >= 0.6 is 0 Å². The zero-order valence-electron chi connectivity index (χ0n) is 12.3. The van der Waals surface area contributed by atoms with Crippen LogP contribution in [0.4, 0.5) is 0 Å². The highest BCUT2D eigenvalue weighted by Crippen LogP contribution is 2.21. The summed E-state index contributed by atoms with van der Waals surface area (Å²) in [6.45, 7) is 4.19. The molecule has 0 aliphatic carbocycles. The van der Waals surface area contributed by atoms with E-state index in [0.29, 0.717) is 24.6 Å². The van der Waals surface area contributed by atoms with Crippen LogP contribution in [0.5, 0.6) is 0 Å². The third-order valence-corrected chi connectivity index (χ3v) is 3.30. The molecule has 0 amide bonds. The summed E-state index contributed by atoms with van der Waals surface area (Å²) in [7, 11) is 0. The fraction of sp³-hybridized carbons (Fsp3) is 0.375. The van der Waals surface area contributed by atoms with Crippen molar-refractivity contribution in [3.63, 3.8) is 0 Å². The van der Waals surface area contributed by atoms with Gasteiger partial charge in [0.15, 0.2) is 0 Å². The second-order valence-electron chi connectivity index (χ2n) is 4.95. The Morgan fingerprint density at radius 1 is 1.38 bits per heavy atom. The van der Waals surface area contributed by atoms with Crippen molar-refractivity contribution < 1.29 is 14.3 Å². The summed E-state index contributed by atoms with van der Waals surface area (Å²) in [5.41, 5.74) is 1.66. The first kappa shape index (κ1) is 15.3. The lowest BCUT2D eigenvalue weighted by atomic mass is 10.1. The number of carboxylic acid groups (broad SMARTS) is 1. The first-order valence-electron chi connectivity index (χ1n) is 7.09. The van der Waals surface area contributed by atoms with E-state index in [-0.39, 0.29) is 0 Å². The molecule has 0 spiro atoms. The summed E-state index contributed by atoms with van der Waals surface area (Å²) in [5, 5.41) is 12.1. The zero-order valence-corrected chi connectivity index (χ0v) is 12.3. The first-order valence-corrected chi connectivity index (χ1v) is 7.09. The largest absolute Gasteiger partial charge is 0.480 e. The van der Waals surface area contributed by atoms with E-state index < -0.39 is 12.0 Å². The smallest absolute Gasteiger partial charge is 0.320 e. The molecule has 0 saturated heterocycles. The summed E-state index contributed by atoms with van der Waals surface area (Å²) in [4.78, 5) is 15.6. The quantitative estimate of drug-likeness (QED) is 0.819. The van der Waals surface area contributed by atoms with E-state index in [2.05, 4.69) is 10.3 Å². The second-order valence-corrected chi connectivity index (χ2v) is 4.95. The van der Waals surface area contributed by atoms with Crippen LogP contribution in [0.1, 0.15) is 31.2 Å². The van der Waals surface area contributed by atoms with Gasteiger partial charge in [-0.3, -0.25) is 10.1 Å². The van der Waals surface area contributed by atoms with Crippen molar-refractivity contribution in [1.29, 1.82) is 0 Å². The second kappa shape index (κ2) is 7.04. The third kappa shape index (κ3) is 3.92. The number of nitrogens with one attached hydrogen (secondary N) is 1. The van der Waals surface area contributed by atoms with Gasteiger partial charge in [0.2, 0.25) is 5.89 Å². The summed E-state index contributed by atoms with van der Waals surface area (Å²) in [6, 6.07) is 9.10. The Hall–Kier alpha value is -2.14. The maximum atomic E-state index is 11.1. The van der Waals surface area contributed by atoms with Crippen LogP contribution in [0.3, 0.4) is 0 Å². The maximum Gasteiger partial charge on any atom is 0.320 e. The van der Waals surface area contributed by atoms with E-state index in [0.717, 1.165) is 17.7 Å². The zero-order chi connectivity index (χ0) is 15.2. The number of carbonyl (C=O) groups is 1. The van der Waals surface area contributed by atoms with Crippen LogP contribution in [0.15, 0.2) is 34.7 Å². The number of rotatable bonds is 7. The van der Waals surface area contributed by atoms with Gasteiger partial charge in [0, 0.05) is 12.1 Å². The van der Waals surface area contributed by atoms with Crippen molar-refractivity contribution in [3.8, 4) is 11.5 Å². The topological polar surface area (TPSA) is 75.4 Å². The molecule has 2 N–H and O–H groups in total. The summed E-state index contributed by atoms with van der Waals surface area (Å²) in [5.74, 6) is 0.440. The number of hydrogen-bond acceptors (Lipinski definition) is 4. The molecule has 1 aromatic heterocycles. The van der Waals surface area contributed by atoms with Gasteiger partial charge in [-0.2, -0.15) is 0 Å². The number of nitrogens with zero attached hydrogens (tertiary/aromatic N) is 1. The monoisotopic (exact) mass is 288 g/mol. The SMILES string of the molecule is CCCC(NCc1nc(-c2ccccc2)oc1C)C(=O)O. The van der Waals surface area contributed by atoms with Crippen molar-refractivity contribution in [2.24, 2.45) is 0 Å². The molecule has 1 unspecified atom stereocenters. The number of benzene rings is 1. The highest BCUT2D eigenvalue weighted by molar-refractivity contribution is 5.73. The Morgan fingerprint density at radius 3 is 2.71 bits per heavy atom. The maximum absolute atomic E-state index is 11.1. The number of carboxylic acids is 1. The minimum Gasteiger partial charge on any atom is -0.480 e. The molecule has 0 radical (unpaired) electrons. The molecule has 1 heterocycles. The van der Waals surface area contributed by atoms with Crippen LogP contribution in [0, 0.1) is 6.92 Å². The van der Waals surface area contributed by atoms with Gasteiger partial charge in [-0.1, -0.05) is 31.5 Å². The van der Waals surface area contributed by atoms with Crippen molar-refractivity contribution >= 4 is 5.97 Å². The molecular weight excluding hydrogens is 268 g/mol. The highest BCUT2D eigenvalue weighted by atomic mass is 16.4. The van der Waals surface area contributed by atoms with Gasteiger partial charge in [0.05, 0.1) is 5.69 Å². The molecule has 0 fully saturated rings. The standard InChI is InChI=1S/C16H20N2O3/c1-3-7-13(16(19)20)17-10-14-11(2)21-15(18-14)12-8-5-4-6-9-12/h4-6,8-9,13,17H,3,7,10H2,1-2H3,(H,19,20). The van der Waals surface area contributed by atoms with Gasteiger partial charge >= 0.3 is 5.97 Å². The minimum atomic E-state index is -0.832. The Labute approximate surface area is 124 Å². The van der Waals surface area contributed by atoms with Crippen LogP contribution in [-0.2, 0) is 11.3 Å². The molecule has 5 nitrogen and oxygen atoms in total. The molecule has 0 saturated carbocycles. The Balaban J connectivity index is 2.08. The molecule has 0 aliphatic rings. The number of aryl methyl sites for hydroxylation is 1. The molecule has 2 aromatic rings. The third-order valence-electron chi connectivity index (χ3n) is 3.30. The summed E-state index contributed by atoms with van der Waals surface area (Å²) < 4.78 is 5.65. The van der Waals surface area contributed by atoms with Crippen molar-refractivity contribution in [1.82, 2.24) is 10.3 Å². The van der Waals surface area contributed by atoms with Crippen molar-refractivity contribution in [2.45, 2.75) is 39.3 Å². The van der Waals surface area contributed by atoms with Gasteiger partial charge in [-0.25, -0.2) is 4.98 Å². The number of aliphatic carboxylic acids is 1. The van der Waals surface area contributed by atoms with Crippen LogP contribution in [-0.4, -0.2) is 22.1 Å². The van der Waals surface area contributed by atoms with Crippen LogP contribution < -0.4 is 5.32 Å². The number of oxazole rings is 1. The molecule has 5 heteroatoms. The first-order chi connectivity index (χ1) is 10.1. The van der Waals surface area contributed by atoms with Crippen molar-refractivity contribution in [3.05, 3.63) is 41.8 Å². The average molecular weight is 288 g/mol. The lowest BCUT2D eigenvalue weighted by molar-refractivity contribution is -0.139. The number of hydrogen-bond donors (Lipinski definition) is 2. The van der Waals surface area contributed by atoms with E-state index in [1.807, 2.05) is 44.2 Å². The fourth-order valence-corrected chi connectivity index (χ4v) is 2.12. The minimum absolute atomic E-state index is 0.388. The Kier molecular flexibility index (Phi) is 5.11. The highest BCUT2D eigenvalue weighted by Gasteiger charge is 2.17. The van der Waals surface area contributed by atoms with Crippen LogP contribution in [0.2, 0.25) is 0 Å². The fourth-order valence-electron chi connectivity index (χ4n) is 2.12. The van der Waals surface area contributed by atoms with E-state index in [4.69, 9.17) is 9.52 Å². The lowest BCUT2D eigenvalue weighted by Crippen LogP contribution is -2.36. The molecule has 0 aliphatic heterocycles. The predicted octanol–water partition coefficient (Wildman–Crippen LogP) is 2.99. The molecule has 21 heavy (non-hydrogen) atoms. The molecule has 1 atom stereocenters. The van der Waals surface area contributed by atoms with E-state index >= 15 is 0 Å². The Bertz CT molecular complexity index is 593. The normalized spacial score (nSPS) is 12.3. The molecule has 2 rings (SSSR count). The van der Waals surface area contributed by atoms with Gasteiger partial charge in [-0.05, 0) is 25.5 Å². The molecular formula is C16H20N2O3. The van der Waals surface area contributed by atoms with Crippen molar-refractivity contribution in [2.75, 3.05) is 0 Å². The summed E-state index contributed by atoms with van der Waals surface area (Å²) in [6.07, 6.45) is 1.41. The average Bonchev–Trinajstić information content (AvgIpc) is 2.85. The van der Waals surface area contributed by atoms with E-state index in [1.54, 1.807) is 0 Å². The predicted molar refractivity (Wildman–Crippen MR) is 79.8 cm³/mol. The molecule has 1 aromatic carbocycles. The van der Waals surface area contributed by atoms with Gasteiger partial charge in [0.1, 0.15) is 11.8 Å². The van der Waals surface area contributed by atoms with Gasteiger partial charge < -0.3 is 9.52 Å². The number of aromatic nitrogens is 1. The molecule has 112 valence electrons. The van der Waals surface area contributed by atoms with E-state index in [1.165, 1.54) is 0 Å². The van der Waals surface area contributed by atoms with E-state index in [9.17, 15) is 4.79 Å².